The molecule has 1 atom stereocenters. The lowest BCUT2D eigenvalue weighted by Gasteiger charge is -2.18. The van der Waals surface area contributed by atoms with Crippen molar-refractivity contribution in [2.75, 3.05) is 19.8 Å². The van der Waals surface area contributed by atoms with Gasteiger partial charge in [0.05, 0.1) is 0 Å². The highest BCUT2D eigenvalue weighted by atomic mass is 16.5. The second kappa shape index (κ2) is 9.11. The van der Waals surface area contributed by atoms with Crippen molar-refractivity contribution in [3.8, 4) is 0 Å². The van der Waals surface area contributed by atoms with Gasteiger partial charge in [0.2, 0.25) is 0 Å². The zero-order valence-corrected chi connectivity index (χ0v) is 12.0. The van der Waals surface area contributed by atoms with Crippen LogP contribution in [0, 0.1) is 0 Å². The summed E-state index contributed by atoms with van der Waals surface area (Å²) in [5.41, 5.74) is 0. The minimum absolute atomic E-state index is 0.462. The van der Waals surface area contributed by atoms with Crippen LogP contribution in [0.4, 0.5) is 0 Å². The van der Waals surface area contributed by atoms with Crippen LogP contribution in [0.5, 0.6) is 0 Å². The van der Waals surface area contributed by atoms with Crippen LogP contribution in [0.2, 0.25) is 0 Å². The van der Waals surface area contributed by atoms with Gasteiger partial charge < -0.3 is 14.6 Å². The summed E-state index contributed by atoms with van der Waals surface area (Å²) in [4.78, 5) is 4.45. The Labute approximate surface area is 111 Å². The largest absolute Gasteiger partial charge is 0.382 e. The van der Waals surface area contributed by atoms with Gasteiger partial charge in [-0.2, -0.15) is 0 Å². The van der Waals surface area contributed by atoms with Gasteiger partial charge in [0, 0.05) is 44.6 Å². The summed E-state index contributed by atoms with van der Waals surface area (Å²) in [5, 5.41) is 3.58. The summed E-state index contributed by atoms with van der Waals surface area (Å²) in [6.07, 6.45) is 7.12. The monoisotopic (exact) mass is 253 g/mol. The van der Waals surface area contributed by atoms with E-state index in [9.17, 15) is 0 Å². The molecule has 0 aliphatic carbocycles. The van der Waals surface area contributed by atoms with E-state index in [2.05, 4.69) is 34.9 Å². The Hall–Kier alpha value is -0.870. The third-order valence-corrected chi connectivity index (χ3v) is 3.07. The molecule has 0 aliphatic rings. The van der Waals surface area contributed by atoms with Crippen LogP contribution >= 0.6 is 0 Å². The average molecular weight is 253 g/mol. The van der Waals surface area contributed by atoms with Crippen molar-refractivity contribution >= 4 is 0 Å². The molecule has 0 fully saturated rings. The van der Waals surface area contributed by atoms with E-state index >= 15 is 0 Å². The van der Waals surface area contributed by atoms with E-state index in [1.807, 2.05) is 13.1 Å². The number of imidazole rings is 1. The maximum atomic E-state index is 5.45. The minimum Gasteiger partial charge on any atom is -0.382 e. The topological polar surface area (TPSA) is 39.1 Å². The summed E-state index contributed by atoms with van der Waals surface area (Å²) in [7, 11) is 0. The van der Waals surface area contributed by atoms with Gasteiger partial charge in [-0.3, -0.25) is 0 Å². The van der Waals surface area contributed by atoms with Gasteiger partial charge in [-0.15, -0.1) is 0 Å². The van der Waals surface area contributed by atoms with Crippen molar-refractivity contribution in [1.29, 1.82) is 0 Å². The molecule has 4 heteroatoms. The van der Waals surface area contributed by atoms with Crippen molar-refractivity contribution in [2.24, 2.45) is 0 Å². The zero-order chi connectivity index (χ0) is 13.2. The van der Waals surface area contributed by atoms with Gasteiger partial charge in [-0.05, 0) is 33.2 Å². The number of aryl methyl sites for hydroxylation is 1. The summed E-state index contributed by atoms with van der Waals surface area (Å²) in [6.45, 7) is 10.1. The number of ether oxygens (including phenoxy) is 1. The molecule has 0 aliphatic heterocycles. The van der Waals surface area contributed by atoms with Crippen molar-refractivity contribution in [1.82, 2.24) is 14.9 Å². The van der Waals surface area contributed by atoms with E-state index in [-0.39, 0.29) is 0 Å². The fourth-order valence-corrected chi connectivity index (χ4v) is 2.03. The van der Waals surface area contributed by atoms with E-state index in [0.29, 0.717) is 6.04 Å². The SMILES string of the molecule is CCCNC(CCOCC)Cc1nccn1CC. The molecule has 1 rings (SSSR count). The number of nitrogens with one attached hydrogen (secondary N) is 1. The van der Waals surface area contributed by atoms with E-state index in [1.54, 1.807) is 0 Å². The van der Waals surface area contributed by atoms with E-state index in [1.165, 1.54) is 5.82 Å². The Morgan fingerprint density at radius 1 is 1.39 bits per heavy atom. The number of hydrogen-bond acceptors (Lipinski definition) is 3. The standard InChI is InChI=1S/C14H27N3O/c1-4-8-15-13(7-11-18-6-3)12-14-16-9-10-17(14)5-2/h9-10,13,15H,4-8,11-12H2,1-3H3. The lowest BCUT2D eigenvalue weighted by molar-refractivity contribution is 0.136. The molecule has 0 bridgehead atoms. The van der Waals surface area contributed by atoms with E-state index in [0.717, 1.165) is 45.6 Å². The highest BCUT2D eigenvalue weighted by Crippen LogP contribution is 2.05. The molecule has 18 heavy (non-hydrogen) atoms. The zero-order valence-electron chi connectivity index (χ0n) is 12.0. The molecule has 0 radical (unpaired) electrons. The highest BCUT2D eigenvalue weighted by Gasteiger charge is 2.12. The minimum atomic E-state index is 0.462. The molecular formula is C14H27N3O. The number of hydrogen-bond donors (Lipinski definition) is 1. The summed E-state index contributed by atoms with van der Waals surface area (Å²) >= 11 is 0. The Morgan fingerprint density at radius 3 is 2.89 bits per heavy atom. The Kier molecular flexibility index (Phi) is 7.69. The first-order valence-electron chi connectivity index (χ1n) is 7.12. The van der Waals surface area contributed by atoms with Crippen molar-refractivity contribution in [2.45, 2.75) is 52.6 Å². The first kappa shape index (κ1) is 15.2. The lowest BCUT2D eigenvalue weighted by Crippen LogP contribution is -2.34. The van der Waals surface area contributed by atoms with E-state index < -0.39 is 0 Å². The van der Waals surface area contributed by atoms with Crippen LogP contribution in [0.25, 0.3) is 0 Å². The molecule has 0 saturated carbocycles. The molecule has 0 amide bonds. The molecule has 1 N–H and O–H groups in total. The second-order valence-corrected chi connectivity index (χ2v) is 4.47. The fraction of sp³-hybridized carbons (Fsp3) is 0.786. The fourth-order valence-electron chi connectivity index (χ4n) is 2.03. The van der Waals surface area contributed by atoms with Gasteiger partial charge in [0.15, 0.2) is 0 Å². The average Bonchev–Trinajstić information content (AvgIpc) is 2.83. The van der Waals surface area contributed by atoms with Crippen LogP contribution in [-0.4, -0.2) is 35.4 Å². The maximum Gasteiger partial charge on any atom is 0.110 e. The molecule has 104 valence electrons. The molecule has 1 unspecified atom stereocenters. The smallest absolute Gasteiger partial charge is 0.110 e. The van der Waals surface area contributed by atoms with Crippen LogP contribution < -0.4 is 5.32 Å². The molecule has 0 aromatic carbocycles. The number of rotatable bonds is 10. The number of aromatic nitrogens is 2. The van der Waals surface area contributed by atoms with Crippen LogP contribution in [0.3, 0.4) is 0 Å². The Morgan fingerprint density at radius 2 is 2.22 bits per heavy atom. The predicted molar refractivity (Wildman–Crippen MR) is 74.8 cm³/mol. The molecule has 1 heterocycles. The molecular weight excluding hydrogens is 226 g/mol. The predicted octanol–water partition coefficient (Wildman–Crippen LogP) is 2.24. The molecule has 1 aromatic rings. The molecule has 0 spiro atoms. The summed E-state index contributed by atoms with van der Waals surface area (Å²) in [5.74, 6) is 1.17. The van der Waals surface area contributed by atoms with Gasteiger partial charge in [0.1, 0.15) is 5.82 Å². The maximum absolute atomic E-state index is 5.45. The summed E-state index contributed by atoms with van der Waals surface area (Å²) < 4.78 is 7.66. The van der Waals surface area contributed by atoms with Gasteiger partial charge in [-0.25, -0.2) is 4.98 Å². The Bertz CT molecular complexity index is 312. The number of nitrogens with zero attached hydrogens (tertiary/aromatic N) is 2. The van der Waals surface area contributed by atoms with Crippen LogP contribution in [-0.2, 0) is 17.7 Å². The molecule has 4 nitrogen and oxygen atoms in total. The second-order valence-electron chi connectivity index (χ2n) is 4.47. The lowest BCUT2D eigenvalue weighted by atomic mass is 10.1. The van der Waals surface area contributed by atoms with Gasteiger partial charge >= 0.3 is 0 Å². The van der Waals surface area contributed by atoms with Crippen molar-refractivity contribution < 1.29 is 4.74 Å². The third kappa shape index (κ3) is 5.19. The Balaban J connectivity index is 2.48. The van der Waals surface area contributed by atoms with Crippen LogP contribution in [0.15, 0.2) is 12.4 Å². The van der Waals surface area contributed by atoms with Crippen LogP contribution in [0.1, 0.15) is 39.4 Å². The normalized spacial score (nSPS) is 12.8. The highest BCUT2D eigenvalue weighted by molar-refractivity contribution is 4.95. The molecule has 0 saturated heterocycles. The van der Waals surface area contributed by atoms with E-state index in [4.69, 9.17) is 4.74 Å². The first-order valence-corrected chi connectivity index (χ1v) is 7.12. The first-order chi connectivity index (χ1) is 8.81. The van der Waals surface area contributed by atoms with Crippen molar-refractivity contribution in [3.63, 3.8) is 0 Å². The van der Waals surface area contributed by atoms with Gasteiger partial charge in [-0.1, -0.05) is 6.92 Å². The molecule has 1 aromatic heterocycles. The quantitative estimate of drug-likeness (QED) is 0.650. The summed E-state index contributed by atoms with van der Waals surface area (Å²) in [6, 6.07) is 0.462. The third-order valence-electron chi connectivity index (χ3n) is 3.07. The van der Waals surface area contributed by atoms with Gasteiger partial charge in [0.25, 0.3) is 0 Å². The van der Waals surface area contributed by atoms with Crippen molar-refractivity contribution in [3.05, 3.63) is 18.2 Å².